The standard InChI is InChI=1S/C18H13FO2S/c19-15-7-3-13(4-8-15)12-21-16-9-5-14(6-10-16)18(20)17-2-1-11-22-17/h1-11H,12H2. The van der Waals surface area contributed by atoms with Gasteiger partial charge in [0.1, 0.15) is 18.2 Å². The molecule has 22 heavy (non-hydrogen) atoms. The molecule has 2 aromatic carbocycles. The van der Waals surface area contributed by atoms with Crippen molar-refractivity contribution >= 4 is 17.1 Å². The van der Waals surface area contributed by atoms with Gasteiger partial charge in [-0.15, -0.1) is 11.3 Å². The van der Waals surface area contributed by atoms with Crippen LogP contribution in [0.25, 0.3) is 0 Å². The van der Waals surface area contributed by atoms with Gasteiger partial charge in [0.05, 0.1) is 4.88 Å². The van der Waals surface area contributed by atoms with Crippen molar-refractivity contribution in [3.63, 3.8) is 0 Å². The summed E-state index contributed by atoms with van der Waals surface area (Å²) in [5.74, 6) is 0.423. The largest absolute Gasteiger partial charge is 0.489 e. The molecule has 0 aliphatic rings. The number of hydrogen-bond donors (Lipinski definition) is 0. The predicted molar refractivity (Wildman–Crippen MR) is 84.9 cm³/mol. The van der Waals surface area contributed by atoms with E-state index in [1.165, 1.54) is 23.5 Å². The molecule has 1 aromatic heterocycles. The second kappa shape index (κ2) is 6.54. The van der Waals surface area contributed by atoms with Crippen molar-refractivity contribution in [3.8, 4) is 5.75 Å². The monoisotopic (exact) mass is 312 g/mol. The molecule has 0 aliphatic heterocycles. The van der Waals surface area contributed by atoms with E-state index in [2.05, 4.69) is 0 Å². The molecular formula is C18H13FO2S. The Labute approximate surface area is 131 Å². The lowest BCUT2D eigenvalue weighted by molar-refractivity contribution is 0.104. The van der Waals surface area contributed by atoms with Gasteiger partial charge in [-0.3, -0.25) is 4.79 Å². The highest BCUT2D eigenvalue weighted by molar-refractivity contribution is 7.12. The minimum Gasteiger partial charge on any atom is -0.489 e. The maximum Gasteiger partial charge on any atom is 0.202 e. The fourth-order valence-electron chi connectivity index (χ4n) is 2.00. The average molecular weight is 312 g/mol. The van der Waals surface area contributed by atoms with Crippen molar-refractivity contribution in [2.75, 3.05) is 0 Å². The molecule has 0 fully saturated rings. The van der Waals surface area contributed by atoms with E-state index in [0.717, 1.165) is 10.4 Å². The summed E-state index contributed by atoms with van der Waals surface area (Å²) in [5.41, 5.74) is 1.52. The Morgan fingerprint density at radius 1 is 1.00 bits per heavy atom. The maximum atomic E-state index is 12.8. The number of hydrogen-bond acceptors (Lipinski definition) is 3. The topological polar surface area (TPSA) is 26.3 Å². The van der Waals surface area contributed by atoms with Crippen LogP contribution in [0, 0.1) is 5.82 Å². The van der Waals surface area contributed by atoms with Crippen molar-refractivity contribution in [2.45, 2.75) is 6.61 Å². The van der Waals surface area contributed by atoms with E-state index in [9.17, 15) is 9.18 Å². The molecule has 0 bridgehead atoms. The summed E-state index contributed by atoms with van der Waals surface area (Å²) in [7, 11) is 0. The minimum atomic E-state index is -0.264. The van der Waals surface area contributed by atoms with Crippen LogP contribution in [0.15, 0.2) is 66.0 Å². The third kappa shape index (κ3) is 3.40. The van der Waals surface area contributed by atoms with Crippen LogP contribution in [0.5, 0.6) is 5.75 Å². The predicted octanol–water partition coefficient (Wildman–Crippen LogP) is 4.70. The molecule has 0 spiro atoms. The Morgan fingerprint density at radius 3 is 2.36 bits per heavy atom. The Morgan fingerprint density at radius 2 is 1.73 bits per heavy atom. The molecule has 3 rings (SSSR count). The third-order valence-electron chi connectivity index (χ3n) is 3.18. The number of halogens is 1. The lowest BCUT2D eigenvalue weighted by Crippen LogP contribution is -1.99. The Balaban J connectivity index is 1.64. The summed E-state index contributed by atoms with van der Waals surface area (Å²) in [6.07, 6.45) is 0. The van der Waals surface area contributed by atoms with Gasteiger partial charge in [0.15, 0.2) is 0 Å². The second-order valence-corrected chi connectivity index (χ2v) is 5.69. The fourth-order valence-corrected chi connectivity index (χ4v) is 2.69. The van der Waals surface area contributed by atoms with Gasteiger partial charge in [-0.05, 0) is 53.4 Å². The number of carbonyl (C=O) groups is 1. The van der Waals surface area contributed by atoms with Gasteiger partial charge >= 0.3 is 0 Å². The van der Waals surface area contributed by atoms with Crippen LogP contribution in [0.1, 0.15) is 20.8 Å². The van der Waals surface area contributed by atoms with E-state index >= 15 is 0 Å². The first-order chi connectivity index (χ1) is 10.7. The minimum absolute atomic E-state index is 0.0140. The lowest BCUT2D eigenvalue weighted by Gasteiger charge is -2.07. The number of ketones is 1. The Kier molecular flexibility index (Phi) is 4.30. The van der Waals surface area contributed by atoms with E-state index in [-0.39, 0.29) is 11.6 Å². The summed E-state index contributed by atoms with van der Waals surface area (Å²) >= 11 is 1.43. The van der Waals surface area contributed by atoms with Crippen molar-refractivity contribution < 1.29 is 13.9 Å². The first kappa shape index (κ1) is 14.5. The SMILES string of the molecule is O=C(c1ccc(OCc2ccc(F)cc2)cc1)c1cccs1. The molecule has 3 aromatic rings. The number of benzene rings is 2. The van der Waals surface area contributed by atoms with Gasteiger partial charge in [0.2, 0.25) is 5.78 Å². The molecule has 0 aliphatic carbocycles. The number of carbonyl (C=O) groups excluding carboxylic acids is 1. The Bertz CT molecular complexity index is 747. The van der Waals surface area contributed by atoms with Gasteiger partial charge in [-0.2, -0.15) is 0 Å². The molecule has 0 radical (unpaired) electrons. The van der Waals surface area contributed by atoms with E-state index in [1.54, 1.807) is 36.4 Å². The average Bonchev–Trinajstić information content (AvgIpc) is 3.09. The molecule has 0 saturated carbocycles. The molecule has 0 saturated heterocycles. The van der Waals surface area contributed by atoms with E-state index < -0.39 is 0 Å². The van der Waals surface area contributed by atoms with Gasteiger partial charge in [0, 0.05) is 5.56 Å². The van der Waals surface area contributed by atoms with Crippen molar-refractivity contribution in [3.05, 3.63) is 87.9 Å². The summed E-state index contributed by atoms with van der Waals surface area (Å²) in [6, 6.07) is 16.9. The number of thiophene rings is 1. The fraction of sp³-hybridized carbons (Fsp3) is 0.0556. The highest BCUT2D eigenvalue weighted by Crippen LogP contribution is 2.19. The van der Waals surface area contributed by atoms with Crippen molar-refractivity contribution in [1.82, 2.24) is 0 Å². The molecule has 0 unspecified atom stereocenters. The van der Waals surface area contributed by atoms with Crippen LogP contribution in [0.4, 0.5) is 4.39 Å². The van der Waals surface area contributed by atoms with Gasteiger partial charge in [0.25, 0.3) is 0 Å². The van der Waals surface area contributed by atoms with Gasteiger partial charge in [-0.1, -0.05) is 18.2 Å². The Hall–Kier alpha value is -2.46. The molecule has 0 atom stereocenters. The molecule has 110 valence electrons. The molecule has 0 amide bonds. The van der Waals surface area contributed by atoms with Crippen LogP contribution >= 0.6 is 11.3 Å². The van der Waals surface area contributed by atoms with Crippen LogP contribution in [0.3, 0.4) is 0 Å². The molecule has 1 heterocycles. The van der Waals surface area contributed by atoms with Crippen LogP contribution in [-0.4, -0.2) is 5.78 Å². The zero-order valence-electron chi connectivity index (χ0n) is 11.7. The number of ether oxygens (including phenoxy) is 1. The van der Waals surface area contributed by atoms with Crippen LogP contribution < -0.4 is 4.74 Å². The highest BCUT2D eigenvalue weighted by Gasteiger charge is 2.09. The smallest absolute Gasteiger partial charge is 0.202 e. The molecule has 2 nitrogen and oxygen atoms in total. The first-order valence-electron chi connectivity index (χ1n) is 6.78. The molecule has 0 N–H and O–H groups in total. The van der Waals surface area contributed by atoms with E-state index in [0.29, 0.717) is 17.9 Å². The first-order valence-corrected chi connectivity index (χ1v) is 7.66. The quantitative estimate of drug-likeness (QED) is 0.638. The van der Waals surface area contributed by atoms with Crippen molar-refractivity contribution in [2.24, 2.45) is 0 Å². The van der Waals surface area contributed by atoms with Crippen LogP contribution in [0.2, 0.25) is 0 Å². The van der Waals surface area contributed by atoms with Crippen LogP contribution in [-0.2, 0) is 6.61 Å². The normalized spacial score (nSPS) is 10.4. The van der Waals surface area contributed by atoms with Crippen molar-refractivity contribution in [1.29, 1.82) is 0 Å². The maximum absolute atomic E-state index is 12.8. The van der Waals surface area contributed by atoms with E-state index in [1.807, 2.05) is 17.5 Å². The zero-order chi connectivity index (χ0) is 15.4. The molecular weight excluding hydrogens is 299 g/mol. The highest BCUT2D eigenvalue weighted by atomic mass is 32.1. The zero-order valence-corrected chi connectivity index (χ0v) is 12.5. The lowest BCUT2D eigenvalue weighted by atomic mass is 10.1. The van der Waals surface area contributed by atoms with Gasteiger partial charge < -0.3 is 4.74 Å². The van der Waals surface area contributed by atoms with E-state index in [4.69, 9.17) is 4.74 Å². The summed E-state index contributed by atoms with van der Waals surface area (Å²) in [6.45, 7) is 0.360. The summed E-state index contributed by atoms with van der Waals surface area (Å²) < 4.78 is 18.4. The van der Waals surface area contributed by atoms with Gasteiger partial charge in [-0.25, -0.2) is 4.39 Å². The molecule has 4 heteroatoms. The summed E-state index contributed by atoms with van der Waals surface area (Å²) in [5, 5.41) is 1.88. The second-order valence-electron chi connectivity index (χ2n) is 4.75. The summed E-state index contributed by atoms with van der Waals surface area (Å²) in [4.78, 5) is 12.9. The third-order valence-corrected chi connectivity index (χ3v) is 4.05. The number of rotatable bonds is 5.